The van der Waals surface area contributed by atoms with Crippen LogP contribution in [0.4, 0.5) is 0 Å². The van der Waals surface area contributed by atoms with Crippen LogP contribution in [0.5, 0.6) is 0 Å². The van der Waals surface area contributed by atoms with Gasteiger partial charge in [0.1, 0.15) is 0 Å². The Morgan fingerprint density at radius 1 is 1.64 bits per heavy atom. The molecule has 1 rings (SSSR count). The molecule has 3 heteroatoms. The van der Waals surface area contributed by atoms with Crippen LogP contribution >= 0.6 is 15.9 Å². The van der Waals surface area contributed by atoms with E-state index in [4.69, 9.17) is 5.73 Å². The number of nitrogens with two attached hydrogens (primary N) is 1. The summed E-state index contributed by atoms with van der Waals surface area (Å²) in [4.78, 5) is 4.08. The van der Waals surface area contributed by atoms with Gasteiger partial charge < -0.3 is 5.73 Å². The van der Waals surface area contributed by atoms with Crippen molar-refractivity contribution in [2.24, 2.45) is 5.73 Å². The van der Waals surface area contributed by atoms with E-state index in [9.17, 15) is 0 Å². The summed E-state index contributed by atoms with van der Waals surface area (Å²) in [5.41, 5.74) is 6.51. The molecule has 1 atom stereocenters. The lowest BCUT2D eigenvalue weighted by Gasteiger charge is -2.02. The van der Waals surface area contributed by atoms with Gasteiger partial charge in [-0.25, -0.2) is 0 Å². The Bertz CT molecular complexity index is 223. The summed E-state index contributed by atoms with van der Waals surface area (Å²) >= 11 is 3.33. The summed E-state index contributed by atoms with van der Waals surface area (Å²) in [6.45, 7) is 1.91. The van der Waals surface area contributed by atoms with E-state index in [-0.39, 0.29) is 13.5 Å². The molecule has 2 N–H and O–H groups in total. The van der Waals surface area contributed by atoms with E-state index in [2.05, 4.69) is 20.9 Å². The quantitative estimate of drug-likeness (QED) is 0.784. The first-order chi connectivity index (χ1) is 4.70. The SMILES string of the molecule is C.CC(N)c1cc(Br)ccn1. The van der Waals surface area contributed by atoms with Crippen LogP contribution in [0.1, 0.15) is 26.1 Å². The molecule has 62 valence electrons. The lowest BCUT2D eigenvalue weighted by molar-refractivity contribution is 0.780. The predicted molar refractivity (Wildman–Crippen MR) is 51.3 cm³/mol. The third-order valence-corrected chi connectivity index (χ3v) is 1.70. The number of pyridine rings is 1. The number of aromatic nitrogens is 1. The summed E-state index contributed by atoms with van der Waals surface area (Å²) < 4.78 is 1.02. The van der Waals surface area contributed by atoms with Crippen LogP contribution in [0.2, 0.25) is 0 Å². The minimum absolute atomic E-state index is 0. The first-order valence-electron chi connectivity index (χ1n) is 3.07. The lowest BCUT2D eigenvalue weighted by atomic mass is 10.2. The van der Waals surface area contributed by atoms with Gasteiger partial charge in [0.2, 0.25) is 0 Å². The van der Waals surface area contributed by atoms with Crippen LogP contribution in [-0.2, 0) is 0 Å². The van der Waals surface area contributed by atoms with Crippen molar-refractivity contribution < 1.29 is 0 Å². The zero-order valence-corrected chi connectivity index (χ0v) is 7.30. The highest BCUT2D eigenvalue weighted by Gasteiger charge is 1.98. The molecule has 0 fully saturated rings. The zero-order valence-electron chi connectivity index (χ0n) is 5.71. The van der Waals surface area contributed by atoms with Crippen LogP contribution in [0.3, 0.4) is 0 Å². The van der Waals surface area contributed by atoms with Crippen LogP contribution in [0.15, 0.2) is 22.8 Å². The molecule has 0 aromatic carbocycles. The molecule has 0 aliphatic rings. The molecule has 0 aliphatic carbocycles. The average Bonchev–Trinajstić information content (AvgIpc) is 1.88. The fourth-order valence-electron chi connectivity index (χ4n) is 0.670. The van der Waals surface area contributed by atoms with Crippen molar-refractivity contribution in [1.82, 2.24) is 4.98 Å². The summed E-state index contributed by atoms with van der Waals surface area (Å²) in [5.74, 6) is 0. The third kappa shape index (κ3) is 2.99. The Morgan fingerprint density at radius 3 is 2.64 bits per heavy atom. The summed E-state index contributed by atoms with van der Waals surface area (Å²) in [6, 6.07) is 3.81. The molecule has 1 unspecified atom stereocenters. The monoisotopic (exact) mass is 216 g/mol. The minimum Gasteiger partial charge on any atom is -0.323 e. The Morgan fingerprint density at radius 2 is 2.27 bits per heavy atom. The Labute approximate surface area is 76.0 Å². The number of halogens is 1. The third-order valence-electron chi connectivity index (χ3n) is 1.21. The zero-order chi connectivity index (χ0) is 7.56. The van der Waals surface area contributed by atoms with Crippen LogP contribution in [0, 0.1) is 0 Å². The Kier molecular flexibility index (Phi) is 4.30. The second-order valence-electron chi connectivity index (χ2n) is 2.19. The summed E-state index contributed by atoms with van der Waals surface area (Å²) in [5, 5.41) is 0. The van der Waals surface area contributed by atoms with Gasteiger partial charge in [-0.2, -0.15) is 0 Å². The van der Waals surface area contributed by atoms with E-state index in [1.807, 2.05) is 19.1 Å². The van der Waals surface area contributed by atoms with Gasteiger partial charge in [-0.15, -0.1) is 0 Å². The highest BCUT2D eigenvalue weighted by Crippen LogP contribution is 2.12. The van der Waals surface area contributed by atoms with Crippen molar-refractivity contribution >= 4 is 15.9 Å². The number of hydrogen-bond donors (Lipinski definition) is 1. The molecule has 1 heterocycles. The van der Waals surface area contributed by atoms with Crippen molar-refractivity contribution in [1.29, 1.82) is 0 Å². The minimum atomic E-state index is 0. The largest absolute Gasteiger partial charge is 0.323 e. The standard InChI is InChI=1S/C7H9BrN2.CH4/c1-5(9)7-4-6(8)2-3-10-7;/h2-5H,9H2,1H3;1H4. The first-order valence-corrected chi connectivity index (χ1v) is 3.86. The fraction of sp³-hybridized carbons (Fsp3) is 0.375. The van der Waals surface area contributed by atoms with Gasteiger partial charge in [0, 0.05) is 16.7 Å². The van der Waals surface area contributed by atoms with Crippen LogP contribution in [-0.4, -0.2) is 4.98 Å². The van der Waals surface area contributed by atoms with Crippen molar-refractivity contribution in [3.8, 4) is 0 Å². The Balaban J connectivity index is 0.000001000. The molecule has 0 amide bonds. The van der Waals surface area contributed by atoms with Gasteiger partial charge in [-0.3, -0.25) is 4.98 Å². The van der Waals surface area contributed by atoms with E-state index in [1.165, 1.54) is 0 Å². The van der Waals surface area contributed by atoms with E-state index >= 15 is 0 Å². The van der Waals surface area contributed by atoms with Crippen LogP contribution < -0.4 is 5.73 Å². The lowest BCUT2D eigenvalue weighted by Crippen LogP contribution is -2.06. The van der Waals surface area contributed by atoms with Gasteiger partial charge in [0.05, 0.1) is 5.69 Å². The van der Waals surface area contributed by atoms with E-state index in [1.54, 1.807) is 6.20 Å². The summed E-state index contributed by atoms with van der Waals surface area (Å²) in [6.07, 6.45) is 1.74. The van der Waals surface area contributed by atoms with E-state index < -0.39 is 0 Å². The molecule has 0 saturated heterocycles. The molecular weight excluding hydrogens is 204 g/mol. The number of hydrogen-bond acceptors (Lipinski definition) is 2. The predicted octanol–water partition coefficient (Wildman–Crippen LogP) is 2.50. The normalized spacial score (nSPS) is 11.9. The second-order valence-corrected chi connectivity index (χ2v) is 3.10. The maximum absolute atomic E-state index is 5.60. The molecular formula is C8H13BrN2. The second kappa shape index (κ2) is 4.46. The maximum atomic E-state index is 5.60. The van der Waals surface area contributed by atoms with Crippen molar-refractivity contribution in [3.05, 3.63) is 28.5 Å². The number of rotatable bonds is 1. The van der Waals surface area contributed by atoms with Crippen molar-refractivity contribution in [3.63, 3.8) is 0 Å². The molecule has 0 saturated carbocycles. The van der Waals surface area contributed by atoms with Crippen molar-refractivity contribution in [2.45, 2.75) is 20.4 Å². The Hall–Kier alpha value is -0.410. The molecule has 0 aliphatic heterocycles. The van der Waals surface area contributed by atoms with Crippen LogP contribution in [0.25, 0.3) is 0 Å². The fourth-order valence-corrected chi connectivity index (χ4v) is 1.02. The van der Waals surface area contributed by atoms with Gasteiger partial charge in [-0.05, 0) is 19.1 Å². The van der Waals surface area contributed by atoms with E-state index in [0.717, 1.165) is 10.2 Å². The van der Waals surface area contributed by atoms with Gasteiger partial charge in [-0.1, -0.05) is 23.4 Å². The van der Waals surface area contributed by atoms with Gasteiger partial charge >= 0.3 is 0 Å². The van der Waals surface area contributed by atoms with E-state index in [0.29, 0.717) is 0 Å². The molecule has 2 nitrogen and oxygen atoms in total. The highest BCUT2D eigenvalue weighted by atomic mass is 79.9. The van der Waals surface area contributed by atoms with Gasteiger partial charge in [0.25, 0.3) is 0 Å². The molecule has 11 heavy (non-hydrogen) atoms. The molecule has 0 spiro atoms. The highest BCUT2D eigenvalue weighted by molar-refractivity contribution is 9.10. The molecule has 0 radical (unpaired) electrons. The van der Waals surface area contributed by atoms with Crippen molar-refractivity contribution in [2.75, 3.05) is 0 Å². The smallest absolute Gasteiger partial charge is 0.0579 e. The topological polar surface area (TPSA) is 38.9 Å². The average molecular weight is 217 g/mol. The maximum Gasteiger partial charge on any atom is 0.0579 e. The molecule has 1 aromatic heterocycles. The number of nitrogens with zero attached hydrogens (tertiary/aromatic N) is 1. The first kappa shape index (κ1) is 10.6. The van der Waals surface area contributed by atoms with Gasteiger partial charge in [0.15, 0.2) is 0 Å². The molecule has 1 aromatic rings. The summed E-state index contributed by atoms with van der Waals surface area (Å²) in [7, 11) is 0. The molecule has 0 bridgehead atoms.